The molecule has 0 fully saturated rings. The van der Waals surface area contributed by atoms with E-state index in [1.165, 1.54) is 0 Å². The lowest BCUT2D eigenvalue weighted by Gasteiger charge is -2.02. The van der Waals surface area contributed by atoms with Crippen LogP contribution in [0.15, 0.2) is 54.7 Å². The molecule has 20 heavy (non-hydrogen) atoms. The monoisotopic (exact) mass is 280 g/mol. The van der Waals surface area contributed by atoms with Gasteiger partial charge in [-0.3, -0.25) is 0 Å². The summed E-state index contributed by atoms with van der Waals surface area (Å²) < 4.78 is 1.71. The van der Waals surface area contributed by atoms with E-state index in [0.717, 1.165) is 27.9 Å². The van der Waals surface area contributed by atoms with Crippen molar-refractivity contribution in [1.29, 1.82) is 0 Å². The third-order valence-corrected chi connectivity index (χ3v) is 3.39. The Kier molecular flexibility index (Phi) is 2.44. The Balaban J connectivity index is 1.98. The lowest BCUT2D eigenvalue weighted by molar-refractivity contribution is 0.939. The highest BCUT2D eigenvalue weighted by Gasteiger charge is 2.09. The number of pyridine rings is 1. The fourth-order valence-corrected chi connectivity index (χ4v) is 2.37. The average molecular weight is 281 g/mol. The first-order chi connectivity index (χ1) is 9.81. The second kappa shape index (κ2) is 4.28. The number of halogens is 1. The number of benzene rings is 1. The summed E-state index contributed by atoms with van der Waals surface area (Å²) in [6, 6.07) is 15.6. The minimum atomic E-state index is 0.428. The highest BCUT2D eigenvalue weighted by atomic mass is 35.5. The lowest BCUT2D eigenvalue weighted by Crippen LogP contribution is -1.95. The molecule has 0 saturated heterocycles. The molecule has 3 aromatic heterocycles. The number of para-hydroxylation sites is 1. The van der Waals surface area contributed by atoms with Crippen LogP contribution in [0, 0.1) is 0 Å². The Hall–Kier alpha value is -2.46. The molecule has 4 nitrogen and oxygen atoms in total. The lowest BCUT2D eigenvalue weighted by atomic mass is 10.2. The first kappa shape index (κ1) is 11.4. The van der Waals surface area contributed by atoms with E-state index in [9.17, 15) is 0 Å². The maximum absolute atomic E-state index is 5.95. The van der Waals surface area contributed by atoms with E-state index in [2.05, 4.69) is 15.1 Å². The van der Waals surface area contributed by atoms with Crippen molar-refractivity contribution in [2.24, 2.45) is 0 Å². The van der Waals surface area contributed by atoms with Crippen LogP contribution in [0.2, 0.25) is 5.15 Å². The van der Waals surface area contributed by atoms with Crippen molar-refractivity contribution in [2.45, 2.75) is 0 Å². The molecule has 0 N–H and O–H groups in total. The molecule has 1 aromatic carbocycles. The van der Waals surface area contributed by atoms with Crippen LogP contribution in [0.3, 0.4) is 0 Å². The van der Waals surface area contributed by atoms with Gasteiger partial charge in [0.25, 0.3) is 0 Å². The van der Waals surface area contributed by atoms with Gasteiger partial charge >= 0.3 is 0 Å². The molecule has 0 aliphatic heterocycles. The molecule has 0 saturated carbocycles. The molecular weight excluding hydrogens is 272 g/mol. The fraction of sp³-hybridized carbons (Fsp3) is 0. The summed E-state index contributed by atoms with van der Waals surface area (Å²) in [7, 11) is 0. The van der Waals surface area contributed by atoms with E-state index in [4.69, 9.17) is 11.6 Å². The van der Waals surface area contributed by atoms with Crippen LogP contribution in [0.4, 0.5) is 0 Å². The minimum Gasteiger partial charge on any atom is -0.246 e. The van der Waals surface area contributed by atoms with E-state index < -0.39 is 0 Å². The van der Waals surface area contributed by atoms with Gasteiger partial charge in [0.15, 0.2) is 5.65 Å². The maximum Gasteiger partial charge on any atom is 0.154 e. The molecular formula is C15H9ClN4. The molecule has 0 aliphatic rings. The second-order valence-electron chi connectivity index (χ2n) is 4.46. The normalized spacial score (nSPS) is 11.2. The van der Waals surface area contributed by atoms with Crippen molar-refractivity contribution in [3.8, 4) is 11.4 Å². The zero-order valence-corrected chi connectivity index (χ0v) is 11.1. The van der Waals surface area contributed by atoms with E-state index in [1.807, 2.05) is 42.5 Å². The number of imidazole rings is 1. The third-order valence-electron chi connectivity index (χ3n) is 3.19. The summed E-state index contributed by atoms with van der Waals surface area (Å²) in [6.45, 7) is 0. The highest BCUT2D eigenvalue weighted by Crippen LogP contribution is 2.22. The third kappa shape index (κ3) is 1.73. The Morgan fingerprint density at radius 1 is 0.950 bits per heavy atom. The zero-order chi connectivity index (χ0) is 13.5. The summed E-state index contributed by atoms with van der Waals surface area (Å²) in [5.74, 6) is 0. The molecule has 0 unspecified atom stereocenters. The van der Waals surface area contributed by atoms with Gasteiger partial charge in [0.1, 0.15) is 10.8 Å². The summed E-state index contributed by atoms with van der Waals surface area (Å²) >= 11 is 5.95. The highest BCUT2D eigenvalue weighted by molar-refractivity contribution is 6.29. The van der Waals surface area contributed by atoms with Crippen molar-refractivity contribution < 1.29 is 0 Å². The number of hydrogen-bond donors (Lipinski definition) is 0. The molecule has 0 radical (unpaired) electrons. The van der Waals surface area contributed by atoms with Gasteiger partial charge < -0.3 is 0 Å². The van der Waals surface area contributed by atoms with Crippen molar-refractivity contribution in [3.05, 3.63) is 59.9 Å². The van der Waals surface area contributed by atoms with Crippen LogP contribution in [0.5, 0.6) is 0 Å². The smallest absolute Gasteiger partial charge is 0.154 e. The van der Waals surface area contributed by atoms with E-state index in [1.54, 1.807) is 16.8 Å². The summed E-state index contributed by atoms with van der Waals surface area (Å²) in [4.78, 5) is 8.97. The second-order valence-corrected chi connectivity index (χ2v) is 4.85. The van der Waals surface area contributed by atoms with Crippen LogP contribution < -0.4 is 0 Å². The van der Waals surface area contributed by atoms with Gasteiger partial charge in [0.2, 0.25) is 0 Å². The van der Waals surface area contributed by atoms with Gasteiger partial charge in [-0.15, -0.1) is 0 Å². The first-order valence-corrected chi connectivity index (χ1v) is 6.55. The number of fused-ring (bicyclic) bond motifs is 2. The molecule has 96 valence electrons. The molecule has 0 aliphatic carbocycles. The fourth-order valence-electron chi connectivity index (χ4n) is 2.23. The molecule has 0 atom stereocenters. The van der Waals surface area contributed by atoms with Crippen molar-refractivity contribution in [2.75, 3.05) is 0 Å². The van der Waals surface area contributed by atoms with Crippen LogP contribution in [0.25, 0.3) is 27.9 Å². The van der Waals surface area contributed by atoms with Crippen LogP contribution in [-0.2, 0) is 0 Å². The quantitative estimate of drug-likeness (QED) is 0.535. The molecule has 4 aromatic rings. The topological polar surface area (TPSA) is 43.1 Å². The molecule has 0 bridgehead atoms. The molecule has 3 heterocycles. The van der Waals surface area contributed by atoms with Gasteiger partial charge in [-0.05, 0) is 24.3 Å². The Morgan fingerprint density at radius 3 is 2.80 bits per heavy atom. The molecule has 0 amide bonds. The zero-order valence-electron chi connectivity index (χ0n) is 10.4. The molecule has 0 spiro atoms. The Labute approximate surface area is 119 Å². The van der Waals surface area contributed by atoms with Crippen molar-refractivity contribution in [1.82, 2.24) is 19.6 Å². The summed E-state index contributed by atoms with van der Waals surface area (Å²) in [6.07, 6.45) is 1.76. The SMILES string of the molecule is Clc1ccc2ncc(-c3ccc4ccccc4n3)n2n1. The van der Waals surface area contributed by atoms with Crippen LogP contribution in [-0.4, -0.2) is 19.6 Å². The first-order valence-electron chi connectivity index (χ1n) is 6.18. The van der Waals surface area contributed by atoms with Crippen LogP contribution in [0.1, 0.15) is 0 Å². The molecule has 4 rings (SSSR count). The Morgan fingerprint density at radius 2 is 1.85 bits per heavy atom. The van der Waals surface area contributed by atoms with Gasteiger partial charge in [0, 0.05) is 5.39 Å². The summed E-state index contributed by atoms with van der Waals surface area (Å²) in [5, 5.41) is 5.81. The van der Waals surface area contributed by atoms with Gasteiger partial charge in [0.05, 0.1) is 17.4 Å². The largest absolute Gasteiger partial charge is 0.246 e. The number of aromatic nitrogens is 4. The Bertz CT molecular complexity index is 929. The van der Waals surface area contributed by atoms with E-state index >= 15 is 0 Å². The van der Waals surface area contributed by atoms with Gasteiger partial charge in [-0.1, -0.05) is 35.9 Å². The van der Waals surface area contributed by atoms with Gasteiger partial charge in [-0.2, -0.15) is 5.10 Å². The van der Waals surface area contributed by atoms with Gasteiger partial charge in [-0.25, -0.2) is 14.5 Å². The standard InChI is InChI=1S/C15H9ClN4/c16-14-7-8-15-17-9-13(20(15)19-14)12-6-5-10-3-1-2-4-11(10)18-12/h1-9H. The predicted molar refractivity (Wildman–Crippen MR) is 78.7 cm³/mol. The van der Waals surface area contributed by atoms with E-state index in [-0.39, 0.29) is 0 Å². The molecule has 5 heteroatoms. The average Bonchev–Trinajstić information content (AvgIpc) is 2.89. The minimum absolute atomic E-state index is 0.428. The van der Waals surface area contributed by atoms with E-state index in [0.29, 0.717) is 5.15 Å². The number of rotatable bonds is 1. The number of nitrogens with zero attached hydrogens (tertiary/aromatic N) is 4. The predicted octanol–water partition coefficient (Wildman–Crippen LogP) is 3.60. The number of hydrogen-bond acceptors (Lipinski definition) is 3. The van der Waals surface area contributed by atoms with Crippen molar-refractivity contribution >= 4 is 28.2 Å². The van der Waals surface area contributed by atoms with Crippen molar-refractivity contribution in [3.63, 3.8) is 0 Å². The van der Waals surface area contributed by atoms with Crippen LogP contribution >= 0.6 is 11.6 Å². The summed E-state index contributed by atoms with van der Waals surface area (Å²) in [5.41, 5.74) is 3.35. The maximum atomic E-state index is 5.95.